The van der Waals surface area contributed by atoms with Crippen molar-refractivity contribution in [2.45, 2.75) is 57.4 Å². The molecule has 7 heteroatoms. The van der Waals surface area contributed by atoms with Gasteiger partial charge in [0, 0.05) is 18.8 Å². The first-order chi connectivity index (χ1) is 15.6. The van der Waals surface area contributed by atoms with Gasteiger partial charge in [-0.15, -0.1) is 0 Å². The minimum atomic E-state index is -0.166. The molecule has 4 aliphatic carbocycles. The van der Waals surface area contributed by atoms with Crippen molar-refractivity contribution in [1.82, 2.24) is 25.3 Å². The van der Waals surface area contributed by atoms with E-state index in [1.54, 1.807) is 10.6 Å². The van der Waals surface area contributed by atoms with Gasteiger partial charge in [-0.2, -0.15) is 0 Å². The maximum atomic E-state index is 13.2. The molecule has 0 aromatic carbocycles. The third kappa shape index (κ3) is 3.70. The number of amides is 2. The summed E-state index contributed by atoms with van der Waals surface area (Å²) in [7, 11) is 0. The zero-order chi connectivity index (χ0) is 21.7. The smallest absolute Gasteiger partial charge is 0.271 e. The number of nitrogens with one attached hydrogen (secondary N) is 3. The van der Waals surface area contributed by atoms with E-state index in [9.17, 15) is 9.59 Å². The van der Waals surface area contributed by atoms with E-state index in [2.05, 4.69) is 20.9 Å². The largest absolute Gasteiger partial charge is 0.350 e. The van der Waals surface area contributed by atoms with Crippen LogP contribution in [0.1, 0.15) is 72.3 Å². The molecule has 3 N–H and O–H groups in total. The molecule has 0 radical (unpaired) electrons. The van der Waals surface area contributed by atoms with Gasteiger partial charge < -0.3 is 16.0 Å². The third-order valence-corrected chi connectivity index (χ3v) is 8.42. The van der Waals surface area contributed by atoms with E-state index in [-0.39, 0.29) is 17.9 Å². The molecule has 0 atom stereocenters. The minimum absolute atomic E-state index is 0.0749. The van der Waals surface area contributed by atoms with Crippen molar-refractivity contribution >= 4 is 17.5 Å². The number of nitrogens with zero attached hydrogens (tertiary/aromatic N) is 2. The van der Waals surface area contributed by atoms with Crippen LogP contribution < -0.4 is 16.0 Å². The summed E-state index contributed by atoms with van der Waals surface area (Å²) in [6, 6.07) is 5.68. The molecule has 2 aromatic rings. The Balaban J connectivity index is 1.16. The van der Waals surface area contributed by atoms with Crippen molar-refractivity contribution in [3.8, 4) is 0 Å². The maximum absolute atomic E-state index is 13.2. The fourth-order valence-electron chi connectivity index (χ4n) is 7.40. The van der Waals surface area contributed by atoms with Gasteiger partial charge in [0.2, 0.25) is 0 Å². The number of rotatable bonds is 5. The van der Waals surface area contributed by atoms with Crippen LogP contribution in [-0.4, -0.2) is 46.9 Å². The van der Waals surface area contributed by atoms with Gasteiger partial charge in [-0.05, 0) is 99.8 Å². The lowest BCUT2D eigenvalue weighted by Crippen LogP contribution is -2.51. The van der Waals surface area contributed by atoms with Crippen molar-refractivity contribution in [3.05, 3.63) is 35.8 Å². The third-order valence-electron chi connectivity index (χ3n) is 8.42. The SMILES string of the molecule is O=C(NC1CCNCC1)c1cn2c(C(=O)NCC34CC5CC(CC(C5)C3)C4)cccc2n1. The summed E-state index contributed by atoms with van der Waals surface area (Å²) in [5.74, 6) is 2.37. The molecule has 5 aliphatic rings. The molecule has 1 saturated heterocycles. The second kappa shape index (κ2) is 7.87. The number of hydrogen-bond acceptors (Lipinski definition) is 4. The Hall–Kier alpha value is -2.41. The summed E-state index contributed by atoms with van der Waals surface area (Å²) >= 11 is 0. The fraction of sp³-hybridized carbons (Fsp3) is 0.640. The lowest BCUT2D eigenvalue weighted by molar-refractivity contribution is -0.0503. The van der Waals surface area contributed by atoms with E-state index in [0.29, 0.717) is 22.5 Å². The van der Waals surface area contributed by atoms with Gasteiger partial charge >= 0.3 is 0 Å². The fourth-order valence-corrected chi connectivity index (χ4v) is 7.40. The first-order valence-corrected chi connectivity index (χ1v) is 12.3. The summed E-state index contributed by atoms with van der Waals surface area (Å²) < 4.78 is 1.76. The summed E-state index contributed by atoms with van der Waals surface area (Å²) in [6.45, 7) is 2.61. The molecule has 4 bridgehead atoms. The molecule has 4 saturated carbocycles. The Kier molecular flexibility index (Phi) is 4.97. The van der Waals surface area contributed by atoms with E-state index in [1.807, 2.05) is 18.2 Å². The molecule has 2 aromatic heterocycles. The van der Waals surface area contributed by atoms with E-state index >= 15 is 0 Å². The van der Waals surface area contributed by atoms with Crippen LogP contribution in [0, 0.1) is 23.2 Å². The average molecular weight is 436 g/mol. The molecule has 7 rings (SSSR count). The van der Waals surface area contributed by atoms with Gasteiger partial charge in [0.15, 0.2) is 0 Å². The first-order valence-electron chi connectivity index (χ1n) is 12.3. The lowest BCUT2D eigenvalue weighted by Gasteiger charge is -2.56. The zero-order valence-corrected chi connectivity index (χ0v) is 18.6. The van der Waals surface area contributed by atoms with Crippen molar-refractivity contribution in [1.29, 1.82) is 0 Å². The Labute approximate surface area is 188 Å². The van der Waals surface area contributed by atoms with E-state index in [4.69, 9.17) is 0 Å². The van der Waals surface area contributed by atoms with Gasteiger partial charge in [-0.3, -0.25) is 14.0 Å². The molecule has 170 valence electrons. The molecular formula is C25H33N5O2. The predicted octanol–water partition coefficient (Wildman–Crippen LogP) is 2.76. The molecule has 3 heterocycles. The minimum Gasteiger partial charge on any atom is -0.350 e. The second-order valence-corrected chi connectivity index (χ2v) is 10.9. The van der Waals surface area contributed by atoms with Crippen molar-refractivity contribution in [2.24, 2.45) is 23.2 Å². The lowest BCUT2D eigenvalue weighted by atomic mass is 9.49. The van der Waals surface area contributed by atoms with Crippen LogP contribution in [0.15, 0.2) is 24.4 Å². The summed E-state index contributed by atoms with van der Waals surface area (Å²) in [5.41, 5.74) is 1.83. The predicted molar refractivity (Wildman–Crippen MR) is 121 cm³/mol. The van der Waals surface area contributed by atoms with Crippen molar-refractivity contribution < 1.29 is 9.59 Å². The van der Waals surface area contributed by atoms with E-state index in [0.717, 1.165) is 50.2 Å². The first kappa shape index (κ1) is 20.2. The molecule has 5 fully saturated rings. The van der Waals surface area contributed by atoms with Gasteiger partial charge in [0.05, 0.1) is 0 Å². The molecule has 2 amide bonds. The van der Waals surface area contributed by atoms with Crippen LogP contribution in [0.5, 0.6) is 0 Å². The highest BCUT2D eigenvalue weighted by Crippen LogP contribution is 2.59. The number of aromatic nitrogens is 2. The number of piperidine rings is 1. The van der Waals surface area contributed by atoms with Gasteiger partial charge in [0.1, 0.15) is 17.0 Å². The van der Waals surface area contributed by atoms with Gasteiger partial charge in [0.25, 0.3) is 11.8 Å². The second-order valence-electron chi connectivity index (χ2n) is 10.9. The summed E-state index contributed by atoms with van der Waals surface area (Å²) in [5, 5.41) is 9.65. The molecule has 7 nitrogen and oxygen atoms in total. The Morgan fingerprint density at radius 1 is 1.03 bits per heavy atom. The Morgan fingerprint density at radius 3 is 2.41 bits per heavy atom. The van der Waals surface area contributed by atoms with E-state index < -0.39 is 0 Å². The summed E-state index contributed by atoms with van der Waals surface area (Å²) in [4.78, 5) is 30.4. The number of fused-ring (bicyclic) bond motifs is 1. The number of hydrogen-bond donors (Lipinski definition) is 3. The van der Waals surface area contributed by atoms with Crippen LogP contribution in [0.2, 0.25) is 0 Å². The highest BCUT2D eigenvalue weighted by atomic mass is 16.2. The Bertz CT molecular complexity index is 1000. The van der Waals surface area contributed by atoms with Crippen LogP contribution >= 0.6 is 0 Å². The zero-order valence-electron chi connectivity index (χ0n) is 18.6. The number of imidazole rings is 1. The Morgan fingerprint density at radius 2 is 1.72 bits per heavy atom. The van der Waals surface area contributed by atoms with Crippen LogP contribution in [0.4, 0.5) is 0 Å². The van der Waals surface area contributed by atoms with Crippen LogP contribution in [-0.2, 0) is 0 Å². The van der Waals surface area contributed by atoms with Gasteiger partial charge in [-0.1, -0.05) is 6.07 Å². The molecule has 0 spiro atoms. The maximum Gasteiger partial charge on any atom is 0.271 e. The van der Waals surface area contributed by atoms with Crippen LogP contribution in [0.3, 0.4) is 0 Å². The summed E-state index contributed by atoms with van der Waals surface area (Å²) in [6.07, 6.45) is 11.6. The molecular weight excluding hydrogens is 402 g/mol. The highest BCUT2D eigenvalue weighted by molar-refractivity contribution is 5.95. The van der Waals surface area contributed by atoms with Crippen molar-refractivity contribution in [3.63, 3.8) is 0 Å². The van der Waals surface area contributed by atoms with Crippen molar-refractivity contribution in [2.75, 3.05) is 19.6 Å². The topological polar surface area (TPSA) is 87.5 Å². The normalized spacial score (nSPS) is 31.7. The number of carbonyl (C=O) groups excluding carboxylic acids is 2. The van der Waals surface area contributed by atoms with E-state index in [1.165, 1.54) is 38.5 Å². The molecule has 0 unspecified atom stereocenters. The number of pyridine rings is 1. The highest BCUT2D eigenvalue weighted by Gasteiger charge is 2.50. The number of carbonyl (C=O) groups is 2. The monoisotopic (exact) mass is 435 g/mol. The molecule has 1 aliphatic heterocycles. The van der Waals surface area contributed by atoms with Crippen LogP contribution in [0.25, 0.3) is 5.65 Å². The molecule has 32 heavy (non-hydrogen) atoms. The standard InChI is InChI=1S/C25H33N5O2/c31-23(28-19-4-6-26-7-5-19)20-14-30-21(2-1-3-22(30)29-20)24(32)27-15-25-11-16-8-17(12-25)10-18(9-16)13-25/h1-3,14,16-19,26H,4-13,15H2,(H,27,32)(H,28,31). The average Bonchev–Trinajstić information content (AvgIpc) is 3.22. The van der Waals surface area contributed by atoms with Gasteiger partial charge in [-0.25, -0.2) is 4.98 Å². The quantitative estimate of drug-likeness (QED) is 0.674.